The van der Waals surface area contributed by atoms with Crippen LogP contribution < -0.4 is 5.32 Å². The van der Waals surface area contributed by atoms with Crippen molar-refractivity contribution in [3.05, 3.63) is 23.8 Å². The molecule has 1 N–H and O–H groups in total. The third-order valence-corrected chi connectivity index (χ3v) is 4.06. The van der Waals surface area contributed by atoms with Gasteiger partial charge in [-0.05, 0) is 38.4 Å². The van der Waals surface area contributed by atoms with Crippen LogP contribution in [0.15, 0.2) is 12.3 Å². The number of rotatable bonds is 4. The lowest BCUT2D eigenvalue weighted by Gasteiger charge is -2.27. The molecule has 0 bridgehead atoms. The van der Waals surface area contributed by atoms with Crippen molar-refractivity contribution in [1.29, 1.82) is 0 Å². The normalized spacial score (nSPS) is 23.0. The van der Waals surface area contributed by atoms with Crippen LogP contribution in [0.3, 0.4) is 0 Å². The van der Waals surface area contributed by atoms with Gasteiger partial charge in [0.1, 0.15) is 5.82 Å². The van der Waals surface area contributed by atoms with Crippen molar-refractivity contribution in [2.45, 2.75) is 46.2 Å². The Labute approximate surface area is 116 Å². The molecule has 2 heterocycles. The lowest BCUT2D eigenvalue weighted by atomic mass is 9.99. The quantitative estimate of drug-likeness (QED) is 0.901. The van der Waals surface area contributed by atoms with Gasteiger partial charge in [-0.25, -0.2) is 9.97 Å². The Hall–Kier alpha value is -1.00. The molecule has 0 aromatic carbocycles. The number of nitrogens with one attached hydrogen (secondary N) is 1. The minimum atomic E-state index is 0.607. The van der Waals surface area contributed by atoms with Crippen LogP contribution in [-0.2, 0) is 6.54 Å². The summed E-state index contributed by atoms with van der Waals surface area (Å²) in [7, 11) is 0. The van der Waals surface area contributed by atoms with E-state index >= 15 is 0 Å². The molecule has 1 aromatic rings. The molecule has 1 aliphatic heterocycles. The van der Waals surface area contributed by atoms with Crippen molar-refractivity contribution in [1.82, 2.24) is 20.2 Å². The van der Waals surface area contributed by atoms with E-state index in [-0.39, 0.29) is 0 Å². The summed E-state index contributed by atoms with van der Waals surface area (Å²) in [5.74, 6) is 1.59. The van der Waals surface area contributed by atoms with Gasteiger partial charge in [0.05, 0.1) is 5.69 Å². The van der Waals surface area contributed by atoms with Crippen LogP contribution in [0.5, 0.6) is 0 Å². The van der Waals surface area contributed by atoms with Gasteiger partial charge in [0, 0.05) is 25.3 Å². The van der Waals surface area contributed by atoms with Crippen molar-refractivity contribution in [2.24, 2.45) is 5.92 Å². The van der Waals surface area contributed by atoms with E-state index in [1.807, 2.05) is 19.2 Å². The molecule has 0 radical (unpaired) electrons. The number of hydrogen-bond donors (Lipinski definition) is 1. The summed E-state index contributed by atoms with van der Waals surface area (Å²) in [5, 5.41) is 3.68. The van der Waals surface area contributed by atoms with Crippen molar-refractivity contribution >= 4 is 0 Å². The number of aryl methyl sites for hydroxylation is 1. The zero-order valence-electron chi connectivity index (χ0n) is 12.4. The van der Waals surface area contributed by atoms with E-state index in [9.17, 15) is 0 Å². The Bertz CT molecular complexity index is 393. The van der Waals surface area contributed by atoms with E-state index in [1.165, 1.54) is 12.8 Å². The topological polar surface area (TPSA) is 41.1 Å². The zero-order chi connectivity index (χ0) is 13.7. The van der Waals surface area contributed by atoms with Crippen molar-refractivity contribution in [2.75, 3.05) is 19.6 Å². The van der Waals surface area contributed by atoms with Gasteiger partial charge in [0.25, 0.3) is 0 Å². The number of hydrogen-bond acceptors (Lipinski definition) is 4. The van der Waals surface area contributed by atoms with Gasteiger partial charge in [-0.3, -0.25) is 4.90 Å². The highest BCUT2D eigenvalue weighted by Gasteiger charge is 2.21. The second kappa shape index (κ2) is 6.96. The smallest absolute Gasteiger partial charge is 0.125 e. The van der Waals surface area contributed by atoms with Gasteiger partial charge in [-0.1, -0.05) is 20.3 Å². The summed E-state index contributed by atoms with van der Waals surface area (Å²) in [6.45, 7) is 10.9. The van der Waals surface area contributed by atoms with E-state index < -0.39 is 0 Å². The molecule has 106 valence electrons. The monoisotopic (exact) mass is 262 g/mol. The summed E-state index contributed by atoms with van der Waals surface area (Å²) in [4.78, 5) is 11.2. The molecule has 2 rings (SSSR count). The first kappa shape index (κ1) is 14.4. The predicted octanol–water partition coefficient (Wildman–Crippen LogP) is 2.00. The molecule has 19 heavy (non-hydrogen) atoms. The van der Waals surface area contributed by atoms with Crippen LogP contribution in [0.4, 0.5) is 0 Å². The molecule has 4 heteroatoms. The van der Waals surface area contributed by atoms with Crippen LogP contribution >= 0.6 is 0 Å². The molecule has 0 spiro atoms. The number of nitrogens with zero attached hydrogens (tertiary/aromatic N) is 3. The third kappa shape index (κ3) is 4.25. The van der Waals surface area contributed by atoms with Crippen molar-refractivity contribution in [3.8, 4) is 0 Å². The standard InChI is InChI=1S/C15H26N4/c1-4-12(2)15-11-19(9-5-7-17-15)10-14-6-8-16-13(3)18-14/h6,8,12,15,17H,4-5,7,9-11H2,1-3H3. The summed E-state index contributed by atoms with van der Waals surface area (Å²) in [6, 6.07) is 2.64. The Morgan fingerprint density at radius 1 is 1.53 bits per heavy atom. The summed E-state index contributed by atoms with van der Waals surface area (Å²) in [6.07, 6.45) is 4.31. The maximum Gasteiger partial charge on any atom is 0.125 e. The fraction of sp³-hybridized carbons (Fsp3) is 0.733. The molecule has 0 amide bonds. The van der Waals surface area contributed by atoms with Crippen LogP contribution in [0.25, 0.3) is 0 Å². The number of aromatic nitrogens is 2. The lowest BCUT2D eigenvalue weighted by Crippen LogP contribution is -2.41. The molecule has 1 aliphatic rings. The van der Waals surface area contributed by atoms with E-state index in [1.54, 1.807) is 0 Å². The molecule has 1 aromatic heterocycles. The average Bonchev–Trinajstić information content (AvgIpc) is 2.63. The fourth-order valence-electron chi connectivity index (χ4n) is 2.66. The lowest BCUT2D eigenvalue weighted by molar-refractivity contribution is 0.229. The van der Waals surface area contributed by atoms with Gasteiger partial charge in [-0.15, -0.1) is 0 Å². The van der Waals surface area contributed by atoms with Crippen LogP contribution in [0.1, 0.15) is 38.2 Å². The van der Waals surface area contributed by atoms with E-state index in [2.05, 4.69) is 34.0 Å². The summed E-state index contributed by atoms with van der Waals surface area (Å²) < 4.78 is 0. The first-order valence-corrected chi connectivity index (χ1v) is 7.43. The summed E-state index contributed by atoms with van der Waals surface area (Å²) >= 11 is 0. The van der Waals surface area contributed by atoms with E-state index in [0.717, 1.165) is 43.6 Å². The molecule has 1 fully saturated rings. The largest absolute Gasteiger partial charge is 0.312 e. The fourth-order valence-corrected chi connectivity index (χ4v) is 2.66. The minimum Gasteiger partial charge on any atom is -0.312 e. The van der Waals surface area contributed by atoms with E-state index in [0.29, 0.717) is 6.04 Å². The average molecular weight is 262 g/mol. The van der Waals surface area contributed by atoms with Gasteiger partial charge in [0.15, 0.2) is 0 Å². The molecule has 0 saturated carbocycles. The molecule has 2 atom stereocenters. The Morgan fingerprint density at radius 3 is 3.11 bits per heavy atom. The van der Waals surface area contributed by atoms with Crippen LogP contribution in [0, 0.1) is 12.8 Å². The SMILES string of the molecule is CCC(C)C1CN(Cc2ccnc(C)n2)CCCN1. The molecular formula is C15H26N4. The Kier molecular flexibility index (Phi) is 5.28. The first-order chi connectivity index (χ1) is 9.19. The van der Waals surface area contributed by atoms with E-state index in [4.69, 9.17) is 0 Å². The van der Waals surface area contributed by atoms with Crippen molar-refractivity contribution in [3.63, 3.8) is 0 Å². The Morgan fingerprint density at radius 2 is 2.37 bits per heavy atom. The minimum absolute atomic E-state index is 0.607. The van der Waals surface area contributed by atoms with Crippen molar-refractivity contribution < 1.29 is 0 Å². The highest BCUT2D eigenvalue weighted by molar-refractivity contribution is 5.01. The summed E-state index contributed by atoms with van der Waals surface area (Å²) in [5.41, 5.74) is 1.14. The maximum absolute atomic E-state index is 4.51. The maximum atomic E-state index is 4.51. The third-order valence-electron chi connectivity index (χ3n) is 4.06. The molecular weight excluding hydrogens is 236 g/mol. The van der Waals surface area contributed by atoms with Crippen LogP contribution in [0.2, 0.25) is 0 Å². The second-order valence-corrected chi connectivity index (χ2v) is 5.63. The van der Waals surface area contributed by atoms with Gasteiger partial charge < -0.3 is 5.32 Å². The first-order valence-electron chi connectivity index (χ1n) is 7.43. The molecule has 4 nitrogen and oxygen atoms in total. The predicted molar refractivity (Wildman–Crippen MR) is 77.9 cm³/mol. The van der Waals surface area contributed by atoms with Gasteiger partial charge in [-0.2, -0.15) is 0 Å². The van der Waals surface area contributed by atoms with Gasteiger partial charge in [0.2, 0.25) is 0 Å². The molecule has 2 unspecified atom stereocenters. The molecule has 1 saturated heterocycles. The highest BCUT2D eigenvalue weighted by Crippen LogP contribution is 2.14. The molecule has 0 aliphatic carbocycles. The zero-order valence-corrected chi connectivity index (χ0v) is 12.4. The Balaban J connectivity index is 1.98. The van der Waals surface area contributed by atoms with Gasteiger partial charge >= 0.3 is 0 Å². The highest BCUT2D eigenvalue weighted by atomic mass is 15.2. The second-order valence-electron chi connectivity index (χ2n) is 5.63. The van der Waals surface area contributed by atoms with Crippen LogP contribution in [-0.4, -0.2) is 40.5 Å².